The summed E-state index contributed by atoms with van der Waals surface area (Å²) < 4.78 is 5.31. The summed E-state index contributed by atoms with van der Waals surface area (Å²) in [5.41, 5.74) is 7.66. The molecule has 2 unspecified atom stereocenters. The number of nitrogens with two attached hydrogens (primary N) is 1. The summed E-state index contributed by atoms with van der Waals surface area (Å²) in [5, 5.41) is 2.92. The van der Waals surface area contributed by atoms with E-state index in [1.165, 1.54) is 0 Å². The molecule has 1 aliphatic heterocycles. The molecule has 3 N–H and O–H groups in total. The highest BCUT2D eigenvalue weighted by atomic mass is 35.5. The van der Waals surface area contributed by atoms with Crippen LogP contribution < -0.4 is 11.1 Å². The van der Waals surface area contributed by atoms with Gasteiger partial charge in [0, 0.05) is 18.3 Å². The summed E-state index contributed by atoms with van der Waals surface area (Å²) in [4.78, 5) is 12.0. The van der Waals surface area contributed by atoms with E-state index in [0.29, 0.717) is 6.61 Å². The molecule has 106 valence electrons. The van der Waals surface area contributed by atoms with E-state index in [4.69, 9.17) is 10.5 Å². The van der Waals surface area contributed by atoms with Gasteiger partial charge in [-0.05, 0) is 37.5 Å². The van der Waals surface area contributed by atoms with Crippen LogP contribution in [0.25, 0.3) is 0 Å². The van der Waals surface area contributed by atoms with E-state index < -0.39 is 0 Å². The SMILES string of the molecule is CC(N)c1ccc(NC(=O)C2CCCOC2)cc1.Cl. The lowest BCUT2D eigenvalue weighted by Crippen LogP contribution is -2.30. The second-order valence-corrected chi connectivity index (χ2v) is 4.81. The first-order valence-electron chi connectivity index (χ1n) is 6.41. The number of anilines is 1. The summed E-state index contributed by atoms with van der Waals surface area (Å²) in [7, 11) is 0. The smallest absolute Gasteiger partial charge is 0.229 e. The predicted octanol–water partition coefficient (Wildman–Crippen LogP) is 2.49. The minimum absolute atomic E-state index is 0. The fourth-order valence-corrected chi connectivity index (χ4v) is 2.06. The van der Waals surface area contributed by atoms with Crippen molar-refractivity contribution in [1.82, 2.24) is 0 Å². The Morgan fingerprint density at radius 3 is 2.63 bits per heavy atom. The van der Waals surface area contributed by atoms with Crippen LogP contribution in [0.5, 0.6) is 0 Å². The Morgan fingerprint density at radius 1 is 1.42 bits per heavy atom. The van der Waals surface area contributed by atoms with Crippen LogP contribution in [0.2, 0.25) is 0 Å². The molecule has 1 aliphatic rings. The maximum atomic E-state index is 12.0. The van der Waals surface area contributed by atoms with Crippen LogP contribution in [0.1, 0.15) is 31.4 Å². The average Bonchev–Trinajstić information content (AvgIpc) is 2.40. The largest absolute Gasteiger partial charge is 0.381 e. The van der Waals surface area contributed by atoms with E-state index in [1.807, 2.05) is 31.2 Å². The molecule has 1 amide bonds. The standard InChI is InChI=1S/C14H20N2O2.ClH/c1-10(15)11-4-6-13(7-5-11)16-14(17)12-3-2-8-18-9-12;/h4-7,10,12H,2-3,8-9,15H2,1H3,(H,16,17);1H. The van der Waals surface area contributed by atoms with Crippen molar-refractivity contribution in [1.29, 1.82) is 0 Å². The molecule has 1 aromatic carbocycles. The Balaban J connectivity index is 0.00000180. The molecule has 2 rings (SSSR count). The Labute approximate surface area is 120 Å². The quantitative estimate of drug-likeness (QED) is 0.896. The second kappa shape index (κ2) is 7.48. The fourth-order valence-electron chi connectivity index (χ4n) is 2.06. The maximum absolute atomic E-state index is 12.0. The van der Waals surface area contributed by atoms with Crippen LogP contribution >= 0.6 is 12.4 Å². The van der Waals surface area contributed by atoms with Crippen molar-refractivity contribution in [2.45, 2.75) is 25.8 Å². The third kappa shape index (κ3) is 4.49. The Kier molecular flexibility index (Phi) is 6.28. The first-order chi connectivity index (χ1) is 8.66. The molecule has 4 nitrogen and oxygen atoms in total. The van der Waals surface area contributed by atoms with Crippen molar-refractivity contribution in [2.24, 2.45) is 11.7 Å². The number of amides is 1. The van der Waals surface area contributed by atoms with E-state index in [2.05, 4.69) is 5.32 Å². The number of carbonyl (C=O) groups is 1. The molecule has 0 saturated carbocycles. The summed E-state index contributed by atoms with van der Waals surface area (Å²) in [6.45, 7) is 3.24. The number of rotatable bonds is 3. The number of nitrogens with one attached hydrogen (secondary N) is 1. The number of halogens is 1. The molecule has 1 fully saturated rings. The molecule has 1 heterocycles. The van der Waals surface area contributed by atoms with E-state index >= 15 is 0 Å². The minimum atomic E-state index is -0.0214. The normalized spacial score (nSPS) is 20.2. The highest BCUT2D eigenvalue weighted by molar-refractivity contribution is 5.92. The molecule has 2 atom stereocenters. The van der Waals surface area contributed by atoms with E-state index in [0.717, 1.165) is 30.7 Å². The maximum Gasteiger partial charge on any atom is 0.229 e. The molecule has 5 heteroatoms. The van der Waals surface area contributed by atoms with Gasteiger partial charge in [0.1, 0.15) is 0 Å². The number of carbonyl (C=O) groups excluding carboxylic acids is 1. The van der Waals surface area contributed by atoms with Crippen molar-refractivity contribution in [2.75, 3.05) is 18.5 Å². The minimum Gasteiger partial charge on any atom is -0.381 e. The molecular weight excluding hydrogens is 264 g/mol. The number of hydrogen-bond donors (Lipinski definition) is 2. The Hall–Kier alpha value is -1.10. The summed E-state index contributed by atoms with van der Waals surface area (Å²) >= 11 is 0. The first-order valence-corrected chi connectivity index (χ1v) is 6.41. The van der Waals surface area contributed by atoms with Crippen LogP contribution in [-0.4, -0.2) is 19.1 Å². The molecule has 19 heavy (non-hydrogen) atoms. The third-order valence-electron chi connectivity index (χ3n) is 3.24. The topological polar surface area (TPSA) is 64.3 Å². The second-order valence-electron chi connectivity index (χ2n) is 4.81. The summed E-state index contributed by atoms with van der Waals surface area (Å²) in [6.07, 6.45) is 1.87. The average molecular weight is 285 g/mol. The predicted molar refractivity (Wildman–Crippen MR) is 78.5 cm³/mol. The molecule has 0 bridgehead atoms. The molecule has 1 saturated heterocycles. The molecule has 0 aromatic heterocycles. The highest BCUT2D eigenvalue weighted by Crippen LogP contribution is 2.18. The Morgan fingerprint density at radius 2 is 2.11 bits per heavy atom. The van der Waals surface area contributed by atoms with Gasteiger partial charge >= 0.3 is 0 Å². The molecule has 0 spiro atoms. The molecule has 1 aromatic rings. The summed E-state index contributed by atoms with van der Waals surface area (Å²) in [6, 6.07) is 7.68. The first kappa shape index (κ1) is 16.0. The van der Waals surface area contributed by atoms with Crippen LogP contribution in [0.4, 0.5) is 5.69 Å². The van der Waals surface area contributed by atoms with Crippen LogP contribution in [-0.2, 0) is 9.53 Å². The van der Waals surface area contributed by atoms with Gasteiger partial charge in [0.25, 0.3) is 0 Å². The van der Waals surface area contributed by atoms with Gasteiger partial charge in [-0.1, -0.05) is 12.1 Å². The Bertz CT molecular complexity index is 400. The van der Waals surface area contributed by atoms with Gasteiger partial charge in [-0.3, -0.25) is 4.79 Å². The van der Waals surface area contributed by atoms with Gasteiger partial charge in [-0.25, -0.2) is 0 Å². The molecule has 0 aliphatic carbocycles. The molecule has 0 radical (unpaired) electrons. The van der Waals surface area contributed by atoms with Crippen LogP contribution in [0.3, 0.4) is 0 Å². The zero-order chi connectivity index (χ0) is 13.0. The van der Waals surface area contributed by atoms with Gasteiger partial charge in [0.2, 0.25) is 5.91 Å². The lowest BCUT2D eigenvalue weighted by atomic mass is 10.0. The van der Waals surface area contributed by atoms with E-state index in [1.54, 1.807) is 0 Å². The van der Waals surface area contributed by atoms with Crippen molar-refractivity contribution in [3.8, 4) is 0 Å². The third-order valence-corrected chi connectivity index (χ3v) is 3.24. The van der Waals surface area contributed by atoms with E-state index in [-0.39, 0.29) is 30.3 Å². The number of hydrogen-bond acceptors (Lipinski definition) is 3. The van der Waals surface area contributed by atoms with Crippen LogP contribution in [0, 0.1) is 5.92 Å². The monoisotopic (exact) mass is 284 g/mol. The van der Waals surface area contributed by atoms with Crippen molar-refractivity contribution >= 4 is 24.0 Å². The molecular formula is C14H21ClN2O2. The van der Waals surface area contributed by atoms with Gasteiger partial charge in [0.15, 0.2) is 0 Å². The van der Waals surface area contributed by atoms with E-state index in [9.17, 15) is 4.79 Å². The van der Waals surface area contributed by atoms with Gasteiger partial charge in [-0.15, -0.1) is 12.4 Å². The van der Waals surface area contributed by atoms with Gasteiger partial charge in [0.05, 0.1) is 12.5 Å². The van der Waals surface area contributed by atoms with Gasteiger partial charge < -0.3 is 15.8 Å². The summed E-state index contributed by atoms with van der Waals surface area (Å²) in [5.74, 6) is 0.0232. The van der Waals surface area contributed by atoms with Crippen molar-refractivity contribution in [3.63, 3.8) is 0 Å². The lowest BCUT2D eigenvalue weighted by Gasteiger charge is -2.21. The zero-order valence-electron chi connectivity index (χ0n) is 11.1. The van der Waals surface area contributed by atoms with Crippen LogP contribution in [0.15, 0.2) is 24.3 Å². The van der Waals surface area contributed by atoms with Crippen molar-refractivity contribution < 1.29 is 9.53 Å². The number of ether oxygens (including phenoxy) is 1. The highest BCUT2D eigenvalue weighted by Gasteiger charge is 2.21. The zero-order valence-corrected chi connectivity index (χ0v) is 11.9. The number of benzene rings is 1. The fraction of sp³-hybridized carbons (Fsp3) is 0.500. The lowest BCUT2D eigenvalue weighted by molar-refractivity contribution is -0.123. The van der Waals surface area contributed by atoms with Crippen molar-refractivity contribution in [3.05, 3.63) is 29.8 Å². The van der Waals surface area contributed by atoms with Gasteiger partial charge in [-0.2, -0.15) is 0 Å².